The smallest absolute Gasteiger partial charge is 0.270 e. The molecule has 1 saturated heterocycles. The number of ether oxygens (including phenoxy) is 1. The minimum Gasteiger partial charge on any atom is -0.487 e. The molecule has 172 valence electrons. The van der Waals surface area contributed by atoms with E-state index in [-0.39, 0.29) is 15.7 Å². The first-order valence-electron chi connectivity index (χ1n) is 9.77. The quantitative estimate of drug-likeness (QED) is 0.187. The van der Waals surface area contributed by atoms with Gasteiger partial charge < -0.3 is 4.74 Å². The Morgan fingerprint density at radius 3 is 2.32 bits per heavy atom. The molecule has 0 unspecified atom stereocenters. The van der Waals surface area contributed by atoms with Crippen molar-refractivity contribution >= 4 is 96.0 Å². The molecule has 0 atom stereocenters. The molecule has 1 aliphatic heterocycles. The van der Waals surface area contributed by atoms with Crippen LogP contribution in [0.25, 0.3) is 6.08 Å². The van der Waals surface area contributed by atoms with Crippen LogP contribution in [0.4, 0.5) is 5.69 Å². The zero-order chi connectivity index (χ0) is 24.4. The molecule has 34 heavy (non-hydrogen) atoms. The second kappa shape index (κ2) is 10.6. The van der Waals surface area contributed by atoms with Crippen LogP contribution in [0.3, 0.4) is 0 Å². The number of nitrogens with one attached hydrogen (secondary N) is 1. The Morgan fingerprint density at radius 2 is 1.68 bits per heavy atom. The highest BCUT2D eigenvalue weighted by Gasteiger charge is 2.35. The van der Waals surface area contributed by atoms with E-state index in [9.17, 15) is 9.59 Å². The lowest BCUT2D eigenvalue weighted by atomic mass is 10.1. The molecule has 0 aliphatic carbocycles. The van der Waals surface area contributed by atoms with E-state index in [4.69, 9.17) is 40.2 Å². The first kappa shape index (κ1) is 24.9. The number of amides is 2. The first-order valence-corrected chi connectivity index (χ1v) is 12.5. The maximum Gasteiger partial charge on any atom is 0.270 e. The van der Waals surface area contributed by atoms with E-state index >= 15 is 0 Å². The highest BCUT2D eigenvalue weighted by atomic mass is 79.9. The number of hydrogen-bond donors (Lipinski definition) is 1. The summed E-state index contributed by atoms with van der Waals surface area (Å²) in [5, 5.41) is 3.11. The van der Waals surface area contributed by atoms with Gasteiger partial charge in [-0.1, -0.05) is 53.5 Å². The van der Waals surface area contributed by atoms with Crippen LogP contribution in [0.2, 0.25) is 10.0 Å². The fraction of sp³-hybridized carbons (Fsp3) is 0.0417. The summed E-state index contributed by atoms with van der Waals surface area (Å²) >= 11 is 24.5. The maximum atomic E-state index is 13.3. The molecule has 2 amide bonds. The second-order valence-electron chi connectivity index (χ2n) is 7.14. The van der Waals surface area contributed by atoms with E-state index in [2.05, 4.69) is 37.2 Å². The van der Waals surface area contributed by atoms with Gasteiger partial charge in [0.2, 0.25) is 0 Å². The Morgan fingerprint density at radius 1 is 1.00 bits per heavy atom. The normalized spacial score (nSPS) is 15.0. The molecular weight excluding hydrogens is 627 g/mol. The summed E-state index contributed by atoms with van der Waals surface area (Å²) in [6.45, 7) is 0.383. The molecule has 3 aromatic carbocycles. The van der Waals surface area contributed by atoms with Crippen LogP contribution in [0.5, 0.6) is 5.75 Å². The third kappa shape index (κ3) is 5.37. The van der Waals surface area contributed by atoms with E-state index in [1.807, 2.05) is 30.3 Å². The molecule has 1 N–H and O–H groups in total. The lowest BCUT2D eigenvalue weighted by Crippen LogP contribution is -2.54. The molecule has 0 aromatic heterocycles. The summed E-state index contributed by atoms with van der Waals surface area (Å²) in [6.07, 6.45) is 1.48. The van der Waals surface area contributed by atoms with Gasteiger partial charge in [0, 0.05) is 5.02 Å². The number of anilines is 1. The standard InChI is InChI=1S/C24H14Br2Cl2N2O3S/c25-17-9-14(10-18(26)21(17)33-12-13-4-2-1-3-5-13)8-16-22(31)29-24(34)30(23(16)32)20-7-6-15(27)11-19(20)28/h1-11H,12H2,(H,29,31,34)/b16-8+. The van der Waals surface area contributed by atoms with Crippen LogP contribution in [0.1, 0.15) is 11.1 Å². The number of rotatable bonds is 5. The number of hydrogen-bond acceptors (Lipinski definition) is 4. The largest absolute Gasteiger partial charge is 0.487 e. The van der Waals surface area contributed by atoms with Crippen LogP contribution < -0.4 is 15.0 Å². The fourth-order valence-electron chi connectivity index (χ4n) is 3.24. The summed E-state index contributed by atoms with van der Waals surface area (Å²) in [4.78, 5) is 27.0. The van der Waals surface area contributed by atoms with Crippen LogP contribution in [-0.4, -0.2) is 16.9 Å². The predicted molar refractivity (Wildman–Crippen MR) is 145 cm³/mol. The van der Waals surface area contributed by atoms with Gasteiger partial charge >= 0.3 is 0 Å². The van der Waals surface area contributed by atoms with Gasteiger partial charge in [0.25, 0.3) is 11.8 Å². The van der Waals surface area contributed by atoms with Gasteiger partial charge in [-0.15, -0.1) is 0 Å². The highest BCUT2D eigenvalue weighted by Crippen LogP contribution is 2.37. The van der Waals surface area contributed by atoms with Crippen molar-refractivity contribution in [1.29, 1.82) is 0 Å². The van der Waals surface area contributed by atoms with Crippen LogP contribution >= 0.6 is 67.3 Å². The number of carbonyl (C=O) groups excluding carboxylic acids is 2. The fourth-order valence-corrected chi connectivity index (χ4v) is 5.45. The van der Waals surface area contributed by atoms with Gasteiger partial charge in [0.15, 0.2) is 5.11 Å². The molecule has 1 aliphatic rings. The van der Waals surface area contributed by atoms with Gasteiger partial charge in [-0.05, 0) is 91.6 Å². The van der Waals surface area contributed by atoms with Crippen LogP contribution in [0.15, 0.2) is 75.2 Å². The lowest BCUT2D eigenvalue weighted by Gasteiger charge is -2.29. The monoisotopic (exact) mass is 638 g/mol. The Kier molecular flexibility index (Phi) is 7.74. The predicted octanol–water partition coefficient (Wildman–Crippen LogP) is 6.93. The molecule has 10 heteroatoms. The molecule has 4 rings (SSSR count). The molecule has 5 nitrogen and oxygen atoms in total. The summed E-state index contributed by atoms with van der Waals surface area (Å²) in [7, 11) is 0. The second-order valence-corrected chi connectivity index (χ2v) is 10.1. The summed E-state index contributed by atoms with van der Waals surface area (Å²) in [6, 6.07) is 17.9. The third-order valence-electron chi connectivity index (χ3n) is 4.81. The Bertz CT molecular complexity index is 1330. The van der Waals surface area contributed by atoms with E-state index in [0.717, 1.165) is 5.56 Å². The van der Waals surface area contributed by atoms with Crippen LogP contribution in [0, 0.1) is 0 Å². The van der Waals surface area contributed by atoms with E-state index in [0.29, 0.717) is 37.6 Å². The zero-order valence-electron chi connectivity index (χ0n) is 17.2. The van der Waals surface area contributed by atoms with Gasteiger partial charge in [0.1, 0.15) is 17.9 Å². The molecule has 1 heterocycles. The molecule has 3 aromatic rings. The van der Waals surface area contributed by atoms with Crippen molar-refractivity contribution in [3.05, 3.63) is 96.4 Å². The Labute approximate surface area is 227 Å². The third-order valence-corrected chi connectivity index (χ3v) is 6.81. The van der Waals surface area contributed by atoms with Crippen molar-refractivity contribution in [2.45, 2.75) is 6.61 Å². The average molecular weight is 641 g/mol. The molecule has 0 spiro atoms. The van der Waals surface area contributed by atoms with Crippen molar-refractivity contribution in [1.82, 2.24) is 5.32 Å². The number of benzene rings is 3. The van der Waals surface area contributed by atoms with Gasteiger partial charge in [-0.2, -0.15) is 0 Å². The van der Waals surface area contributed by atoms with Crippen molar-refractivity contribution in [2.24, 2.45) is 0 Å². The Balaban J connectivity index is 1.63. The van der Waals surface area contributed by atoms with Gasteiger partial charge in [-0.3, -0.25) is 19.8 Å². The SMILES string of the molecule is O=C1NC(=S)N(c2ccc(Cl)cc2Cl)C(=O)/C1=C/c1cc(Br)c(OCc2ccccc2)c(Br)c1. The van der Waals surface area contributed by atoms with Crippen molar-refractivity contribution in [2.75, 3.05) is 4.90 Å². The minimum atomic E-state index is -0.604. The lowest BCUT2D eigenvalue weighted by molar-refractivity contribution is -0.122. The number of halogens is 4. The molecule has 0 radical (unpaired) electrons. The number of nitrogens with zero attached hydrogens (tertiary/aromatic N) is 1. The van der Waals surface area contributed by atoms with Gasteiger partial charge in [0.05, 0.1) is 19.7 Å². The van der Waals surface area contributed by atoms with Crippen molar-refractivity contribution in [3.8, 4) is 5.75 Å². The first-order chi connectivity index (χ1) is 16.2. The summed E-state index contributed by atoms with van der Waals surface area (Å²) in [5.41, 5.74) is 1.84. The van der Waals surface area contributed by atoms with Crippen molar-refractivity contribution in [3.63, 3.8) is 0 Å². The molecular formula is C24H14Br2Cl2N2O3S. The summed E-state index contributed by atoms with van der Waals surface area (Å²) in [5.74, 6) is -0.608. The summed E-state index contributed by atoms with van der Waals surface area (Å²) < 4.78 is 7.25. The molecule has 0 bridgehead atoms. The number of thiocarbonyl (C=S) groups is 1. The van der Waals surface area contributed by atoms with Crippen molar-refractivity contribution < 1.29 is 14.3 Å². The molecule has 1 fully saturated rings. The highest BCUT2D eigenvalue weighted by molar-refractivity contribution is 9.11. The molecule has 0 saturated carbocycles. The minimum absolute atomic E-state index is 0.0663. The van der Waals surface area contributed by atoms with E-state index < -0.39 is 11.8 Å². The zero-order valence-corrected chi connectivity index (χ0v) is 22.7. The average Bonchev–Trinajstić information content (AvgIpc) is 2.78. The maximum absolute atomic E-state index is 13.3. The van der Waals surface area contributed by atoms with E-state index in [1.165, 1.54) is 17.0 Å². The topological polar surface area (TPSA) is 58.6 Å². The number of carbonyl (C=O) groups is 2. The Hall–Kier alpha value is -2.23. The van der Waals surface area contributed by atoms with E-state index in [1.54, 1.807) is 24.3 Å². The van der Waals surface area contributed by atoms with Crippen LogP contribution in [-0.2, 0) is 16.2 Å². The van der Waals surface area contributed by atoms with Gasteiger partial charge in [-0.25, -0.2) is 0 Å².